The predicted molar refractivity (Wildman–Crippen MR) is 308 cm³/mol. The highest BCUT2D eigenvalue weighted by Gasteiger charge is 2.63. The molecule has 6 aliphatic rings. The highest BCUT2D eigenvalue weighted by atomic mass is 15.3. The largest absolute Gasteiger partial charge is 0.335 e. The zero-order chi connectivity index (χ0) is 50.3. The fourth-order valence-electron chi connectivity index (χ4n) is 15.3. The third-order valence-corrected chi connectivity index (χ3v) is 19.9. The molecule has 72 heavy (non-hydrogen) atoms. The van der Waals surface area contributed by atoms with Gasteiger partial charge in [-0.3, -0.25) is 0 Å². The summed E-state index contributed by atoms with van der Waals surface area (Å²) in [6, 6.07) is 55.9. The SMILES string of the molecule is CC(C)(C)c1cccc(N2c3cc(C(C)(C)C)ccc3B3c4cc(-c5ccccc5)cc5c4N(c4cc(N6c7ccc(C(C)(C)C)cc7C7(C)CCc8ccccc8C67C)cc2c43)C2(C)CCCCC52C)c1. The smallest absolute Gasteiger partial charge is 0.252 e. The molecule has 364 valence electrons. The Kier molecular flexibility index (Phi) is 9.44. The molecule has 7 aromatic carbocycles. The van der Waals surface area contributed by atoms with E-state index in [1.54, 1.807) is 0 Å². The van der Waals surface area contributed by atoms with Crippen LogP contribution >= 0.6 is 0 Å². The lowest BCUT2D eigenvalue weighted by atomic mass is 9.33. The Morgan fingerprint density at radius 2 is 1.11 bits per heavy atom. The van der Waals surface area contributed by atoms with Crippen LogP contribution in [0.1, 0.15) is 161 Å². The molecule has 0 amide bonds. The van der Waals surface area contributed by atoms with E-state index in [-0.39, 0.29) is 44.9 Å². The number of anilines is 7. The van der Waals surface area contributed by atoms with Gasteiger partial charge in [0.05, 0.1) is 11.1 Å². The molecule has 0 radical (unpaired) electrons. The van der Waals surface area contributed by atoms with Crippen LogP contribution in [-0.4, -0.2) is 12.3 Å². The van der Waals surface area contributed by atoms with Crippen molar-refractivity contribution in [3.05, 3.63) is 178 Å². The summed E-state index contributed by atoms with van der Waals surface area (Å²) in [4.78, 5) is 8.50. The molecular weight excluding hydrogens is 870 g/mol. The Morgan fingerprint density at radius 1 is 0.444 bits per heavy atom. The van der Waals surface area contributed by atoms with E-state index in [4.69, 9.17) is 0 Å². The van der Waals surface area contributed by atoms with Crippen LogP contribution in [0.15, 0.2) is 140 Å². The third-order valence-electron chi connectivity index (χ3n) is 19.9. The van der Waals surface area contributed by atoms with Gasteiger partial charge in [-0.15, -0.1) is 0 Å². The van der Waals surface area contributed by atoms with Crippen molar-refractivity contribution < 1.29 is 0 Å². The maximum Gasteiger partial charge on any atom is 0.252 e. The van der Waals surface area contributed by atoms with E-state index in [1.165, 1.54) is 126 Å². The maximum absolute atomic E-state index is 2.94. The second-order valence-corrected chi connectivity index (χ2v) is 26.8. The van der Waals surface area contributed by atoms with Gasteiger partial charge >= 0.3 is 0 Å². The number of rotatable bonds is 3. The Balaban J connectivity index is 1.19. The fourth-order valence-corrected chi connectivity index (χ4v) is 15.3. The summed E-state index contributed by atoms with van der Waals surface area (Å²) >= 11 is 0. The molecule has 4 aliphatic heterocycles. The van der Waals surface area contributed by atoms with Crippen LogP contribution < -0.4 is 31.1 Å². The lowest BCUT2D eigenvalue weighted by molar-refractivity contribution is 0.195. The van der Waals surface area contributed by atoms with Crippen molar-refractivity contribution in [1.29, 1.82) is 0 Å². The molecule has 4 unspecified atom stereocenters. The van der Waals surface area contributed by atoms with Crippen molar-refractivity contribution in [3.8, 4) is 11.1 Å². The van der Waals surface area contributed by atoms with Crippen LogP contribution in [0.25, 0.3) is 11.1 Å². The number of aryl methyl sites for hydroxylation is 1. The van der Waals surface area contributed by atoms with E-state index < -0.39 is 0 Å². The zero-order valence-electron chi connectivity index (χ0n) is 45.4. The second kappa shape index (κ2) is 14.8. The van der Waals surface area contributed by atoms with Gasteiger partial charge in [-0.05, 0) is 165 Å². The molecular formula is C68H74BN3. The minimum absolute atomic E-state index is 0.0248. The molecule has 7 aromatic rings. The highest BCUT2D eigenvalue weighted by molar-refractivity contribution is 7.00. The molecule has 4 heteroatoms. The average Bonchev–Trinajstić information content (AvgIpc) is 3.70. The van der Waals surface area contributed by atoms with E-state index in [0.717, 1.165) is 19.3 Å². The monoisotopic (exact) mass is 944 g/mol. The standard InChI is InChI=1S/C68H74BN3/c1-62(2,3)46-25-21-26-49(38-46)70-57-40-48(64(7,8)9)28-30-54(57)69-55-37-45(43-22-15-14-16-23-43)36-53-61(55)72(67(12)34-20-19-33-65(53,67)10)59-42-50(41-58(70)60(59)69)71-56-31-29-47(63(4,5)6)39-52(56)66(11)35-32-44-24-17-18-27-51(44)68(66,71)13/h14-18,21-31,36-42H,19-20,32-35H2,1-13H3. The summed E-state index contributed by atoms with van der Waals surface area (Å²) in [5, 5.41) is 0. The number of nitrogens with zero attached hydrogens (tertiary/aromatic N) is 3. The summed E-state index contributed by atoms with van der Waals surface area (Å²) in [5.41, 5.74) is 25.6. The van der Waals surface area contributed by atoms with E-state index in [0.29, 0.717) is 0 Å². The lowest BCUT2D eigenvalue weighted by Gasteiger charge is -2.54. The molecule has 4 heterocycles. The molecule has 4 atom stereocenters. The maximum atomic E-state index is 2.94. The van der Waals surface area contributed by atoms with E-state index >= 15 is 0 Å². The van der Waals surface area contributed by atoms with Crippen molar-refractivity contribution >= 4 is 62.9 Å². The van der Waals surface area contributed by atoms with Crippen LogP contribution in [0.5, 0.6) is 0 Å². The van der Waals surface area contributed by atoms with Gasteiger partial charge in [0, 0.05) is 50.6 Å². The summed E-state index contributed by atoms with van der Waals surface area (Å²) in [7, 11) is 0. The third kappa shape index (κ3) is 5.99. The van der Waals surface area contributed by atoms with Crippen molar-refractivity contribution in [3.63, 3.8) is 0 Å². The Hall–Kier alpha value is -6.00. The Labute approximate surface area is 431 Å². The Morgan fingerprint density at radius 3 is 1.86 bits per heavy atom. The van der Waals surface area contributed by atoms with Crippen molar-refractivity contribution in [2.24, 2.45) is 0 Å². The molecule has 0 aromatic heterocycles. The van der Waals surface area contributed by atoms with Crippen LogP contribution in [0, 0.1) is 0 Å². The predicted octanol–water partition coefficient (Wildman–Crippen LogP) is 15.9. The number of hydrogen-bond acceptors (Lipinski definition) is 3. The zero-order valence-corrected chi connectivity index (χ0v) is 45.4. The summed E-state index contributed by atoms with van der Waals surface area (Å²) in [5.74, 6) is 0. The highest BCUT2D eigenvalue weighted by Crippen LogP contribution is 2.67. The number of fused-ring (bicyclic) bond motifs is 12. The molecule has 0 bridgehead atoms. The first kappa shape index (κ1) is 45.8. The van der Waals surface area contributed by atoms with E-state index in [1.807, 2.05) is 0 Å². The van der Waals surface area contributed by atoms with Crippen molar-refractivity contribution in [2.45, 2.75) is 167 Å². The first-order chi connectivity index (χ1) is 34.1. The summed E-state index contributed by atoms with van der Waals surface area (Å²) in [6.45, 7) is 31.8. The van der Waals surface area contributed by atoms with Crippen LogP contribution in [-0.2, 0) is 39.0 Å². The van der Waals surface area contributed by atoms with E-state index in [2.05, 4.69) is 244 Å². The molecule has 3 nitrogen and oxygen atoms in total. The van der Waals surface area contributed by atoms with Gasteiger partial charge in [0.25, 0.3) is 6.71 Å². The van der Waals surface area contributed by atoms with Gasteiger partial charge in [0.2, 0.25) is 0 Å². The number of benzene rings is 7. The van der Waals surface area contributed by atoms with Gasteiger partial charge in [0.1, 0.15) is 0 Å². The molecule has 2 aliphatic carbocycles. The van der Waals surface area contributed by atoms with Gasteiger partial charge in [-0.1, -0.05) is 186 Å². The van der Waals surface area contributed by atoms with Crippen LogP contribution in [0.4, 0.5) is 39.8 Å². The fraction of sp³-hybridized carbons (Fsp3) is 0.382. The number of hydrogen-bond donors (Lipinski definition) is 0. The van der Waals surface area contributed by atoms with E-state index in [9.17, 15) is 0 Å². The molecule has 13 rings (SSSR count). The molecule has 1 saturated carbocycles. The normalized spacial score (nSPS) is 24.5. The van der Waals surface area contributed by atoms with Gasteiger partial charge in [-0.25, -0.2) is 0 Å². The van der Waals surface area contributed by atoms with Crippen molar-refractivity contribution in [1.82, 2.24) is 0 Å². The molecule has 0 N–H and O–H groups in total. The summed E-state index contributed by atoms with van der Waals surface area (Å²) < 4.78 is 0. The van der Waals surface area contributed by atoms with Crippen molar-refractivity contribution in [2.75, 3.05) is 14.7 Å². The molecule has 0 spiro atoms. The van der Waals surface area contributed by atoms with Crippen LogP contribution in [0.2, 0.25) is 0 Å². The average molecular weight is 944 g/mol. The van der Waals surface area contributed by atoms with Gasteiger partial charge in [0.15, 0.2) is 0 Å². The van der Waals surface area contributed by atoms with Gasteiger partial charge < -0.3 is 14.7 Å². The first-order valence-corrected chi connectivity index (χ1v) is 27.4. The topological polar surface area (TPSA) is 9.72 Å². The lowest BCUT2D eigenvalue weighted by Crippen LogP contribution is -2.64. The quantitative estimate of drug-likeness (QED) is 0.163. The first-order valence-electron chi connectivity index (χ1n) is 27.4. The Bertz CT molecular complexity index is 3420. The molecule has 0 saturated heterocycles. The molecule has 1 fully saturated rings. The second-order valence-electron chi connectivity index (χ2n) is 26.8. The summed E-state index contributed by atoms with van der Waals surface area (Å²) in [6.07, 6.45) is 6.98. The van der Waals surface area contributed by atoms with Crippen LogP contribution in [0.3, 0.4) is 0 Å². The minimum atomic E-state index is -0.361. The minimum Gasteiger partial charge on any atom is -0.335 e. The van der Waals surface area contributed by atoms with Gasteiger partial charge in [-0.2, -0.15) is 0 Å².